The van der Waals surface area contributed by atoms with E-state index in [1.54, 1.807) is 14.0 Å². The highest BCUT2D eigenvalue weighted by Gasteiger charge is 2.24. The number of methoxy groups -OCH3 is 1. The Balaban J connectivity index is 2.43. The number of amides is 1. The van der Waals surface area contributed by atoms with E-state index in [1.165, 1.54) is 0 Å². The summed E-state index contributed by atoms with van der Waals surface area (Å²) in [5, 5.41) is 0. The second-order valence-corrected chi connectivity index (χ2v) is 4.04. The van der Waals surface area contributed by atoms with Crippen LogP contribution in [0.15, 0.2) is 0 Å². The third-order valence-corrected chi connectivity index (χ3v) is 2.62. The van der Waals surface area contributed by atoms with E-state index in [2.05, 4.69) is 0 Å². The van der Waals surface area contributed by atoms with Gasteiger partial charge >= 0.3 is 0 Å². The SMILES string of the molecule is COCC1CCCN(C(=O)[C@H](C)N)C1. The first-order valence-corrected chi connectivity index (χ1v) is 5.18. The summed E-state index contributed by atoms with van der Waals surface area (Å²) in [5.41, 5.74) is 5.56. The predicted octanol–water partition coefficient (Wildman–Crippen LogP) is 0.219. The van der Waals surface area contributed by atoms with Gasteiger partial charge in [0.2, 0.25) is 5.91 Å². The standard InChI is InChI=1S/C10H20N2O2/c1-8(11)10(13)12-5-3-4-9(6-12)7-14-2/h8-9H,3-7,11H2,1-2H3/t8-,9?/m0/s1. The van der Waals surface area contributed by atoms with Crippen LogP contribution in [0.2, 0.25) is 0 Å². The predicted molar refractivity (Wildman–Crippen MR) is 54.8 cm³/mol. The molecule has 1 rings (SSSR count). The monoisotopic (exact) mass is 200 g/mol. The van der Waals surface area contributed by atoms with Gasteiger partial charge in [-0.15, -0.1) is 0 Å². The van der Waals surface area contributed by atoms with Crippen molar-refractivity contribution in [1.82, 2.24) is 4.90 Å². The summed E-state index contributed by atoms with van der Waals surface area (Å²) in [6.07, 6.45) is 2.21. The number of nitrogens with zero attached hydrogens (tertiary/aromatic N) is 1. The van der Waals surface area contributed by atoms with Crippen LogP contribution in [-0.2, 0) is 9.53 Å². The molecular weight excluding hydrogens is 180 g/mol. The van der Waals surface area contributed by atoms with Crippen molar-refractivity contribution in [3.63, 3.8) is 0 Å². The number of nitrogens with two attached hydrogens (primary N) is 1. The molecule has 14 heavy (non-hydrogen) atoms. The summed E-state index contributed by atoms with van der Waals surface area (Å²) >= 11 is 0. The normalized spacial score (nSPS) is 24.8. The Morgan fingerprint density at radius 1 is 1.71 bits per heavy atom. The average molecular weight is 200 g/mol. The van der Waals surface area contributed by atoms with Crippen LogP contribution in [0.1, 0.15) is 19.8 Å². The molecule has 1 amide bonds. The highest BCUT2D eigenvalue weighted by Crippen LogP contribution is 2.16. The van der Waals surface area contributed by atoms with E-state index in [4.69, 9.17) is 10.5 Å². The van der Waals surface area contributed by atoms with Crippen molar-refractivity contribution in [3.8, 4) is 0 Å². The molecule has 1 heterocycles. The molecular formula is C10H20N2O2. The maximum atomic E-state index is 11.6. The summed E-state index contributed by atoms with van der Waals surface area (Å²) in [6.45, 7) is 4.12. The van der Waals surface area contributed by atoms with Gasteiger partial charge in [-0.2, -0.15) is 0 Å². The number of carbonyl (C=O) groups excluding carboxylic acids is 1. The number of ether oxygens (including phenoxy) is 1. The van der Waals surface area contributed by atoms with Crippen molar-refractivity contribution in [1.29, 1.82) is 0 Å². The Morgan fingerprint density at radius 2 is 2.43 bits per heavy atom. The largest absolute Gasteiger partial charge is 0.384 e. The first-order chi connectivity index (χ1) is 6.65. The van der Waals surface area contributed by atoms with Crippen molar-refractivity contribution < 1.29 is 9.53 Å². The van der Waals surface area contributed by atoms with Crippen LogP contribution in [-0.4, -0.2) is 43.7 Å². The van der Waals surface area contributed by atoms with Crippen molar-refractivity contribution in [2.45, 2.75) is 25.8 Å². The van der Waals surface area contributed by atoms with Gasteiger partial charge in [-0.25, -0.2) is 0 Å². The number of hydrogen-bond donors (Lipinski definition) is 1. The molecule has 82 valence electrons. The van der Waals surface area contributed by atoms with Gasteiger partial charge in [-0.3, -0.25) is 4.79 Å². The first kappa shape index (κ1) is 11.5. The number of hydrogen-bond acceptors (Lipinski definition) is 3. The zero-order valence-electron chi connectivity index (χ0n) is 9.03. The summed E-state index contributed by atoms with van der Waals surface area (Å²) in [5.74, 6) is 0.544. The molecule has 4 heteroatoms. The fourth-order valence-corrected chi connectivity index (χ4v) is 1.92. The lowest BCUT2D eigenvalue weighted by molar-refractivity contribution is -0.134. The number of rotatable bonds is 3. The van der Waals surface area contributed by atoms with Gasteiger partial charge in [0.1, 0.15) is 0 Å². The Morgan fingerprint density at radius 3 is 3.00 bits per heavy atom. The molecule has 0 spiro atoms. The molecule has 0 aromatic carbocycles. The van der Waals surface area contributed by atoms with Crippen LogP contribution in [0.4, 0.5) is 0 Å². The van der Waals surface area contributed by atoms with Gasteiger partial charge in [0.05, 0.1) is 12.6 Å². The Labute approximate surface area is 85.4 Å². The number of likely N-dealkylation sites (tertiary alicyclic amines) is 1. The van der Waals surface area contributed by atoms with E-state index in [-0.39, 0.29) is 11.9 Å². The second kappa shape index (κ2) is 5.32. The summed E-state index contributed by atoms with van der Waals surface area (Å²) in [4.78, 5) is 13.5. The van der Waals surface area contributed by atoms with Gasteiger partial charge in [0, 0.05) is 20.2 Å². The lowest BCUT2D eigenvalue weighted by atomic mass is 9.98. The van der Waals surface area contributed by atoms with Crippen molar-refractivity contribution in [2.75, 3.05) is 26.8 Å². The zero-order valence-corrected chi connectivity index (χ0v) is 9.03. The molecule has 0 aromatic heterocycles. The van der Waals surface area contributed by atoms with Crippen molar-refractivity contribution >= 4 is 5.91 Å². The molecule has 0 saturated carbocycles. The molecule has 4 nitrogen and oxygen atoms in total. The summed E-state index contributed by atoms with van der Waals surface area (Å²) in [6, 6.07) is -0.378. The van der Waals surface area contributed by atoms with E-state index < -0.39 is 0 Å². The lowest BCUT2D eigenvalue weighted by Crippen LogP contribution is -2.47. The Hall–Kier alpha value is -0.610. The molecule has 0 aliphatic carbocycles. The van der Waals surface area contributed by atoms with E-state index in [0.29, 0.717) is 5.92 Å². The molecule has 0 aromatic rings. The topological polar surface area (TPSA) is 55.6 Å². The Kier molecular flexibility index (Phi) is 4.35. The minimum atomic E-state index is -0.378. The van der Waals surface area contributed by atoms with Crippen LogP contribution >= 0.6 is 0 Å². The van der Waals surface area contributed by atoms with Crippen LogP contribution < -0.4 is 5.73 Å². The van der Waals surface area contributed by atoms with Crippen LogP contribution in [0.25, 0.3) is 0 Å². The van der Waals surface area contributed by atoms with Crippen LogP contribution in [0, 0.1) is 5.92 Å². The smallest absolute Gasteiger partial charge is 0.239 e. The summed E-state index contributed by atoms with van der Waals surface area (Å²) < 4.78 is 5.10. The fourth-order valence-electron chi connectivity index (χ4n) is 1.92. The van der Waals surface area contributed by atoms with E-state index in [1.807, 2.05) is 4.90 Å². The van der Waals surface area contributed by atoms with Gasteiger partial charge in [0.15, 0.2) is 0 Å². The van der Waals surface area contributed by atoms with Crippen molar-refractivity contribution in [2.24, 2.45) is 11.7 Å². The summed E-state index contributed by atoms with van der Waals surface area (Å²) in [7, 11) is 1.70. The fraction of sp³-hybridized carbons (Fsp3) is 0.900. The molecule has 1 aliphatic heterocycles. The minimum absolute atomic E-state index is 0.0609. The zero-order chi connectivity index (χ0) is 10.6. The number of carbonyl (C=O) groups is 1. The number of piperidine rings is 1. The lowest BCUT2D eigenvalue weighted by Gasteiger charge is -2.33. The molecule has 1 unspecified atom stereocenters. The highest BCUT2D eigenvalue weighted by atomic mass is 16.5. The molecule has 1 saturated heterocycles. The van der Waals surface area contributed by atoms with Gasteiger partial charge in [0.25, 0.3) is 0 Å². The van der Waals surface area contributed by atoms with E-state index in [0.717, 1.165) is 32.5 Å². The van der Waals surface area contributed by atoms with E-state index >= 15 is 0 Å². The first-order valence-electron chi connectivity index (χ1n) is 5.18. The van der Waals surface area contributed by atoms with Crippen LogP contribution in [0.5, 0.6) is 0 Å². The molecule has 1 aliphatic rings. The third kappa shape index (κ3) is 2.96. The molecule has 0 radical (unpaired) electrons. The Bertz CT molecular complexity index is 193. The molecule has 2 atom stereocenters. The maximum Gasteiger partial charge on any atom is 0.239 e. The molecule has 1 fully saturated rings. The highest BCUT2D eigenvalue weighted by molar-refractivity contribution is 5.81. The third-order valence-electron chi connectivity index (χ3n) is 2.62. The molecule has 0 bridgehead atoms. The van der Waals surface area contributed by atoms with Gasteiger partial charge < -0.3 is 15.4 Å². The van der Waals surface area contributed by atoms with Crippen LogP contribution in [0.3, 0.4) is 0 Å². The minimum Gasteiger partial charge on any atom is -0.384 e. The van der Waals surface area contributed by atoms with Gasteiger partial charge in [-0.05, 0) is 25.7 Å². The van der Waals surface area contributed by atoms with Gasteiger partial charge in [-0.1, -0.05) is 0 Å². The average Bonchev–Trinajstić information content (AvgIpc) is 2.17. The molecule has 2 N–H and O–H groups in total. The maximum absolute atomic E-state index is 11.6. The second-order valence-electron chi connectivity index (χ2n) is 4.04. The van der Waals surface area contributed by atoms with Crippen molar-refractivity contribution in [3.05, 3.63) is 0 Å². The quantitative estimate of drug-likeness (QED) is 0.709. The van der Waals surface area contributed by atoms with E-state index in [9.17, 15) is 4.79 Å².